The number of piperidine rings is 1. The summed E-state index contributed by atoms with van der Waals surface area (Å²) < 4.78 is 3.18. The van der Waals surface area contributed by atoms with Gasteiger partial charge in [-0.15, -0.1) is 0 Å². The Bertz CT molecular complexity index is 856. The van der Waals surface area contributed by atoms with Crippen molar-refractivity contribution in [2.24, 2.45) is 11.8 Å². The van der Waals surface area contributed by atoms with Gasteiger partial charge >= 0.3 is 5.69 Å². The Morgan fingerprint density at radius 3 is 2.36 bits per heavy atom. The second kappa shape index (κ2) is 9.08. The van der Waals surface area contributed by atoms with Gasteiger partial charge in [-0.2, -0.15) is 0 Å². The van der Waals surface area contributed by atoms with E-state index in [2.05, 4.69) is 25.7 Å². The van der Waals surface area contributed by atoms with Crippen LogP contribution in [-0.4, -0.2) is 39.6 Å². The molecule has 0 N–H and O–H groups in total. The number of hydrogen-bond donors (Lipinski definition) is 0. The molecule has 154 valence electrons. The van der Waals surface area contributed by atoms with E-state index >= 15 is 0 Å². The third-order valence-corrected chi connectivity index (χ3v) is 6.53. The smallest absolute Gasteiger partial charge is 0.303 e. The number of carbonyl (C=O) groups excluding carboxylic acids is 1. The summed E-state index contributed by atoms with van der Waals surface area (Å²) in [6.45, 7) is 11.6. The second-order valence-electron chi connectivity index (χ2n) is 8.62. The Hall–Kier alpha value is -1.88. The highest BCUT2D eigenvalue weighted by Crippen LogP contribution is 2.27. The van der Waals surface area contributed by atoms with Crippen molar-refractivity contribution in [1.29, 1.82) is 0 Å². The second-order valence-corrected chi connectivity index (χ2v) is 8.62. The van der Waals surface area contributed by atoms with Crippen LogP contribution in [0.2, 0.25) is 0 Å². The third kappa shape index (κ3) is 4.24. The molecule has 1 aliphatic heterocycles. The van der Waals surface area contributed by atoms with Crippen LogP contribution in [0, 0.1) is 11.8 Å². The zero-order chi connectivity index (χ0) is 20.3. The van der Waals surface area contributed by atoms with Crippen molar-refractivity contribution >= 4 is 16.9 Å². The highest BCUT2D eigenvalue weighted by molar-refractivity contribution is 5.89. The van der Waals surface area contributed by atoms with E-state index in [0.717, 1.165) is 55.3 Å². The van der Waals surface area contributed by atoms with Gasteiger partial charge in [-0.25, -0.2) is 9.36 Å². The molecule has 1 aliphatic rings. The van der Waals surface area contributed by atoms with Gasteiger partial charge < -0.3 is 4.90 Å². The van der Waals surface area contributed by atoms with Crippen LogP contribution in [0.25, 0.3) is 11.0 Å². The van der Waals surface area contributed by atoms with Crippen LogP contribution < -0.4 is 5.69 Å². The maximum atomic E-state index is 12.9. The van der Waals surface area contributed by atoms with Gasteiger partial charge in [-0.1, -0.05) is 39.3 Å². The van der Waals surface area contributed by atoms with E-state index in [-0.39, 0.29) is 17.6 Å². The molecular formula is C23H35N3O2. The molecule has 28 heavy (non-hydrogen) atoms. The van der Waals surface area contributed by atoms with Gasteiger partial charge in [0.2, 0.25) is 5.91 Å². The number of fused-ring (bicyclic) bond motifs is 1. The molecule has 5 heteroatoms. The van der Waals surface area contributed by atoms with Crippen LogP contribution >= 0.6 is 0 Å². The predicted molar refractivity (Wildman–Crippen MR) is 115 cm³/mol. The molecule has 1 unspecified atom stereocenters. The summed E-state index contributed by atoms with van der Waals surface area (Å²) in [5.41, 5.74) is 1.42. The Morgan fingerprint density at radius 2 is 1.79 bits per heavy atom. The van der Waals surface area contributed by atoms with Crippen LogP contribution in [0.3, 0.4) is 0 Å². The molecule has 2 heterocycles. The number of rotatable bonds is 7. The fourth-order valence-electron chi connectivity index (χ4n) is 4.82. The molecule has 0 aliphatic carbocycles. The van der Waals surface area contributed by atoms with Crippen LogP contribution in [-0.2, 0) is 0 Å². The quantitative estimate of drug-likeness (QED) is 0.702. The van der Waals surface area contributed by atoms with Crippen LogP contribution in [0.1, 0.15) is 70.6 Å². The molecule has 0 bridgehead atoms. The Balaban J connectivity index is 1.65. The van der Waals surface area contributed by atoms with Crippen LogP contribution in [0.5, 0.6) is 0 Å². The minimum Gasteiger partial charge on any atom is -0.303 e. The molecule has 1 aromatic carbocycles. The molecule has 0 radical (unpaired) electrons. The maximum absolute atomic E-state index is 12.9. The maximum Gasteiger partial charge on any atom is 0.336 e. The molecule has 1 atom stereocenters. The Kier molecular flexibility index (Phi) is 6.76. The van der Waals surface area contributed by atoms with E-state index in [1.165, 1.54) is 30.8 Å². The van der Waals surface area contributed by atoms with Crippen molar-refractivity contribution in [1.82, 2.24) is 14.0 Å². The van der Waals surface area contributed by atoms with Gasteiger partial charge in [0.1, 0.15) is 0 Å². The average Bonchev–Trinajstić information content (AvgIpc) is 2.97. The van der Waals surface area contributed by atoms with Crippen molar-refractivity contribution in [2.75, 3.05) is 19.6 Å². The van der Waals surface area contributed by atoms with Gasteiger partial charge in [-0.05, 0) is 56.2 Å². The monoisotopic (exact) mass is 385 g/mol. The minimum absolute atomic E-state index is 0.174. The van der Waals surface area contributed by atoms with Crippen molar-refractivity contribution in [3.63, 3.8) is 0 Å². The van der Waals surface area contributed by atoms with E-state index in [0.29, 0.717) is 0 Å². The van der Waals surface area contributed by atoms with Crippen molar-refractivity contribution in [3.05, 3.63) is 34.7 Å². The highest BCUT2D eigenvalue weighted by atomic mass is 16.2. The molecule has 2 aromatic rings. The molecule has 3 rings (SSSR count). The van der Waals surface area contributed by atoms with Gasteiger partial charge in [-0.3, -0.25) is 9.36 Å². The zero-order valence-electron chi connectivity index (χ0n) is 17.9. The first-order valence-electron chi connectivity index (χ1n) is 10.9. The number of likely N-dealkylation sites (tertiary alicyclic amines) is 1. The summed E-state index contributed by atoms with van der Waals surface area (Å²) in [5.74, 6) is 1.38. The molecule has 5 nitrogen and oxygen atoms in total. The molecular weight excluding hydrogens is 350 g/mol. The number of imidazole rings is 1. The van der Waals surface area contributed by atoms with E-state index in [4.69, 9.17) is 0 Å². The van der Waals surface area contributed by atoms with Crippen LogP contribution in [0.15, 0.2) is 29.1 Å². The lowest BCUT2D eigenvalue weighted by molar-refractivity contribution is 0.0935. The molecule has 1 saturated heterocycles. The largest absolute Gasteiger partial charge is 0.336 e. The van der Waals surface area contributed by atoms with Crippen LogP contribution in [0.4, 0.5) is 0 Å². The Morgan fingerprint density at radius 1 is 1.14 bits per heavy atom. The van der Waals surface area contributed by atoms with Gasteiger partial charge in [0.05, 0.1) is 11.0 Å². The first-order valence-corrected chi connectivity index (χ1v) is 10.9. The third-order valence-electron chi connectivity index (χ3n) is 6.53. The van der Waals surface area contributed by atoms with Crippen molar-refractivity contribution < 1.29 is 4.79 Å². The molecule has 0 spiro atoms. The molecule has 1 fully saturated rings. The van der Waals surface area contributed by atoms with Gasteiger partial charge in [0, 0.05) is 26.1 Å². The molecule has 0 amide bonds. The lowest BCUT2D eigenvalue weighted by Crippen LogP contribution is -2.38. The number of hydrogen-bond acceptors (Lipinski definition) is 3. The minimum atomic E-state index is -0.215. The standard InChI is InChI=1S/C23H35N3O2/c1-5-19(17(2)3)9-8-14-24-15-12-20(13-16-24)26-22-11-7-6-10-21(22)25(18(4)27)23(26)28/h6-7,10-11,17,19-20H,5,8-9,12-16H2,1-4H3. The van der Waals surface area contributed by atoms with Gasteiger partial charge in [0.15, 0.2) is 0 Å². The highest BCUT2D eigenvalue weighted by Gasteiger charge is 2.26. The average molecular weight is 386 g/mol. The summed E-state index contributed by atoms with van der Waals surface area (Å²) in [6.07, 6.45) is 5.76. The molecule has 0 saturated carbocycles. The lowest BCUT2D eigenvalue weighted by Gasteiger charge is -2.33. The number of benzene rings is 1. The number of nitrogens with zero attached hydrogens (tertiary/aromatic N) is 3. The zero-order valence-corrected chi connectivity index (χ0v) is 17.9. The first-order chi connectivity index (χ1) is 13.4. The van der Waals surface area contributed by atoms with E-state index in [9.17, 15) is 9.59 Å². The summed E-state index contributed by atoms with van der Waals surface area (Å²) in [6, 6.07) is 7.82. The van der Waals surface area contributed by atoms with Crippen molar-refractivity contribution in [3.8, 4) is 0 Å². The van der Waals surface area contributed by atoms with Gasteiger partial charge in [0.25, 0.3) is 0 Å². The summed E-state index contributed by atoms with van der Waals surface area (Å²) in [5, 5.41) is 0. The van der Waals surface area contributed by atoms with E-state index < -0.39 is 0 Å². The summed E-state index contributed by atoms with van der Waals surface area (Å²) in [4.78, 5) is 27.5. The molecule has 1 aromatic heterocycles. The van der Waals surface area contributed by atoms with Crippen molar-refractivity contribution in [2.45, 2.75) is 65.8 Å². The normalized spacial score (nSPS) is 17.5. The summed E-state index contributed by atoms with van der Waals surface area (Å²) in [7, 11) is 0. The lowest BCUT2D eigenvalue weighted by atomic mass is 9.89. The first kappa shape index (κ1) is 20.8. The fourth-order valence-corrected chi connectivity index (χ4v) is 4.82. The number of carbonyl (C=O) groups is 1. The predicted octanol–water partition coefficient (Wildman–Crippen LogP) is 4.56. The van der Waals surface area contributed by atoms with E-state index in [1.54, 1.807) is 0 Å². The Labute approximate surface area is 168 Å². The SMILES string of the molecule is CCC(CCCN1CCC(n2c(=O)n(C(C)=O)c3ccccc32)CC1)C(C)C. The summed E-state index contributed by atoms with van der Waals surface area (Å²) >= 11 is 0. The number of para-hydroxylation sites is 2. The number of aromatic nitrogens is 2. The van der Waals surface area contributed by atoms with E-state index in [1.807, 2.05) is 28.8 Å². The fraction of sp³-hybridized carbons (Fsp3) is 0.652. The topological polar surface area (TPSA) is 47.2 Å².